The minimum atomic E-state index is 0.572. The van der Waals surface area contributed by atoms with Crippen LogP contribution in [0.2, 0.25) is 0 Å². The van der Waals surface area contributed by atoms with Gasteiger partial charge in [-0.05, 0) is 41.5 Å². The molecule has 1 aliphatic heterocycles. The van der Waals surface area contributed by atoms with Gasteiger partial charge in [-0.1, -0.05) is 18.2 Å². The second kappa shape index (κ2) is 7.22. The Bertz CT molecular complexity index is 920. The highest BCUT2D eigenvalue weighted by atomic mass is 16.5. The Labute approximate surface area is 153 Å². The molecule has 1 aliphatic rings. The number of nitrogens with zero attached hydrogens (tertiary/aromatic N) is 2. The first-order valence-corrected chi connectivity index (χ1v) is 8.88. The summed E-state index contributed by atoms with van der Waals surface area (Å²) in [4.78, 5) is 6.95. The van der Waals surface area contributed by atoms with Gasteiger partial charge in [0.2, 0.25) is 0 Å². The molecule has 0 spiro atoms. The Balaban J connectivity index is 1.69. The largest absolute Gasteiger partial charge is 0.496 e. The third-order valence-electron chi connectivity index (χ3n) is 4.86. The van der Waals surface area contributed by atoms with Crippen molar-refractivity contribution in [1.29, 1.82) is 0 Å². The summed E-state index contributed by atoms with van der Waals surface area (Å²) in [5.74, 6) is 1.44. The lowest BCUT2D eigenvalue weighted by atomic mass is 10.0. The molecule has 3 aromatic rings. The fourth-order valence-corrected chi connectivity index (χ4v) is 3.44. The van der Waals surface area contributed by atoms with Crippen LogP contribution in [0.3, 0.4) is 0 Å². The van der Waals surface area contributed by atoms with Gasteiger partial charge in [0.15, 0.2) is 0 Å². The molecule has 5 heteroatoms. The van der Waals surface area contributed by atoms with Crippen molar-refractivity contribution < 1.29 is 9.47 Å². The van der Waals surface area contributed by atoms with Crippen LogP contribution < -0.4 is 15.4 Å². The molecule has 1 saturated heterocycles. The summed E-state index contributed by atoms with van der Waals surface area (Å²) in [6.45, 7) is 3.39. The second-order valence-electron chi connectivity index (χ2n) is 6.50. The van der Waals surface area contributed by atoms with E-state index in [0.29, 0.717) is 12.2 Å². The zero-order chi connectivity index (χ0) is 17.9. The van der Waals surface area contributed by atoms with Crippen LogP contribution >= 0.6 is 0 Å². The maximum Gasteiger partial charge on any atom is 0.127 e. The SMILES string of the molecule is COc1ccccc1Cc1cc2cc(N3CCOCC3)ccc2nc1N. The molecule has 0 aliphatic carbocycles. The van der Waals surface area contributed by atoms with Gasteiger partial charge >= 0.3 is 0 Å². The molecule has 0 bridgehead atoms. The van der Waals surface area contributed by atoms with E-state index < -0.39 is 0 Å². The Morgan fingerprint density at radius 3 is 2.69 bits per heavy atom. The topological polar surface area (TPSA) is 60.6 Å². The molecule has 26 heavy (non-hydrogen) atoms. The first kappa shape index (κ1) is 16.7. The number of morpholine rings is 1. The number of anilines is 2. The number of benzene rings is 2. The zero-order valence-corrected chi connectivity index (χ0v) is 14.9. The predicted molar refractivity (Wildman–Crippen MR) is 105 cm³/mol. The summed E-state index contributed by atoms with van der Waals surface area (Å²) in [5, 5.41) is 1.10. The average Bonchev–Trinajstić information content (AvgIpc) is 2.69. The summed E-state index contributed by atoms with van der Waals surface area (Å²) in [6.07, 6.45) is 0.695. The molecular weight excluding hydrogens is 326 g/mol. The van der Waals surface area contributed by atoms with Crippen LogP contribution in [-0.4, -0.2) is 38.4 Å². The number of hydrogen-bond acceptors (Lipinski definition) is 5. The molecule has 1 fully saturated rings. The van der Waals surface area contributed by atoms with Crippen LogP contribution in [0.15, 0.2) is 48.5 Å². The summed E-state index contributed by atoms with van der Waals surface area (Å²) in [5.41, 5.74) is 10.5. The van der Waals surface area contributed by atoms with E-state index in [1.165, 1.54) is 5.69 Å². The summed E-state index contributed by atoms with van der Waals surface area (Å²) >= 11 is 0. The fourth-order valence-electron chi connectivity index (χ4n) is 3.44. The first-order valence-electron chi connectivity index (χ1n) is 8.88. The van der Waals surface area contributed by atoms with Gasteiger partial charge in [-0.2, -0.15) is 0 Å². The van der Waals surface area contributed by atoms with E-state index in [4.69, 9.17) is 15.2 Å². The number of nitrogen functional groups attached to an aromatic ring is 1. The molecule has 2 N–H and O–H groups in total. The molecule has 0 amide bonds. The lowest BCUT2D eigenvalue weighted by Gasteiger charge is -2.29. The summed E-state index contributed by atoms with van der Waals surface area (Å²) in [7, 11) is 1.69. The van der Waals surface area contributed by atoms with Gasteiger partial charge in [0.05, 0.1) is 25.8 Å². The molecule has 5 nitrogen and oxygen atoms in total. The van der Waals surface area contributed by atoms with Gasteiger partial charge in [0, 0.05) is 30.6 Å². The Morgan fingerprint density at radius 2 is 1.88 bits per heavy atom. The Morgan fingerprint density at radius 1 is 1.08 bits per heavy atom. The van der Waals surface area contributed by atoms with E-state index in [2.05, 4.69) is 34.1 Å². The lowest BCUT2D eigenvalue weighted by Crippen LogP contribution is -2.36. The Kier molecular flexibility index (Phi) is 4.63. The smallest absolute Gasteiger partial charge is 0.127 e. The van der Waals surface area contributed by atoms with Crippen LogP contribution in [0.25, 0.3) is 10.9 Å². The number of methoxy groups -OCH3 is 1. The number of nitrogens with two attached hydrogens (primary N) is 1. The highest BCUT2D eigenvalue weighted by molar-refractivity contribution is 5.85. The molecule has 2 aromatic carbocycles. The third kappa shape index (κ3) is 3.30. The zero-order valence-electron chi connectivity index (χ0n) is 14.9. The number of aromatic nitrogens is 1. The minimum absolute atomic E-state index is 0.572. The number of fused-ring (bicyclic) bond motifs is 1. The van der Waals surface area contributed by atoms with Crippen molar-refractivity contribution in [2.75, 3.05) is 44.0 Å². The molecule has 2 heterocycles. The summed E-state index contributed by atoms with van der Waals surface area (Å²) in [6, 6.07) is 16.5. The number of para-hydroxylation sites is 1. The monoisotopic (exact) mass is 349 g/mol. The van der Waals surface area contributed by atoms with Crippen molar-refractivity contribution in [2.45, 2.75) is 6.42 Å². The highest BCUT2D eigenvalue weighted by Crippen LogP contribution is 2.28. The van der Waals surface area contributed by atoms with Crippen LogP contribution in [0.1, 0.15) is 11.1 Å². The quantitative estimate of drug-likeness (QED) is 0.783. The maximum atomic E-state index is 6.23. The second-order valence-corrected chi connectivity index (χ2v) is 6.50. The van der Waals surface area contributed by atoms with E-state index in [0.717, 1.165) is 54.1 Å². The van der Waals surface area contributed by atoms with E-state index in [9.17, 15) is 0 Å². The first-order chi connectivity index (χ1) is 12.7. The van der Waals surface area contributed by atoms with Gasteiger partial charge in [-0.15, -0.1) is 0 Å². The molecule has 4 rings (SSSR count). The van der Waals surface area contributed by atoms with Crippen molar-refractivity contribution in [3.05, 3.63) is 59.7 Å². The fraction of sp³-hybridized carbons (Fsp3) is 0.286. The Hall–Kier alpha value is -2.79. The van der Waals surface area contributed by atoms with Crippen molar-refractivity contribution in [1.82, 2.24) is 4.98 Å². The molecular formula is C21H23N3O2. The predicted octanol–water partition coefficient (Wildman–Crippen LogP) is 3.25. The van der Waals surface area contributed by atoms with Crippen LogP contribution in [0, 0.1) is 0 Å². The van der Waals surface area contributed by atoms with E-state index >= 15 is 0 Å². The van der Waals surface area contributed by atoms with Gasteiger partial charge < -0.3 is 20.1 Å². The van der Waals surface area contributed by atoms with Crippen molar-refractivity contribution in [3.63, 3.8) is 0 Å². The lowest BCUT2D eigenvalue weighted by molar-refractivity contribution is 0.122. The van der Waals surface area contributed by atoms with Crippen molar-refractivity contribution in [2.24, 2.45) is 0 Å². The van der Waals surface area contributed by atoms with Crippen molar-refractivity contribution >= 4 is 22.4 Å². The molecule has 0 atom stereocenters. The number of ether oxygens (including phenoxy) is 2. The van der Waals surface area contributed by atoms with E-state index in [1.807, 2.05) is 24.3 Å². The molecule has 0 radical (unpaired) electrons. The highest BCUT2D eigenvalue weighted by Gasteiger charge is 2.13. The van der Waals surface area contributed by atoms with Gasteiger partial charge in [-0.3, -0.25) is 0 Å². The normalized spacial score (nSPS) is 14.6. The molecule has 0 unspecified atom stereocenters. The van der Waals surface area contributed by atoms with Gasteiger partial charge in [0.25, 0.3) is 0 Å². The van der Waals surface area contributed by atoms with Crippen LogP contribution in [0.5, 0.6) is 5.75 Å². The van der Waals surface area contributed by atoms with Gasteiger partial charge in [0.1, 0.15) is 11.6 Å². The summed E-state index contributed by atoms with van der Waals surface area (Å²) < 4.78 is 10.9. The van der Waals surface area contributed by atoms with E-state index in [1.54, 1.807) is 7.11 Å². The van der Waals surface area contributed by atoms with Crippen LogP contribution in [-0.2, 0) is 11.2 Å². The maximum absolute atomic E-state index is 6.23. The average molecular weight is 349 g/mol. The minimum Gasteiger partial charge on any atom is -0.496 e. The van der Waals surface area contributed by atoms with E-state index in [-0.39, 0.29) is 0 Å². The molecule has 1 aromatic heterocycles. The van der Waals surface area contributed by atoms with Gasteiger partial charge in [-0.25, -0.2) is 4.98 Å². The molecule has 0 saturated carbocycles. The number of pyridine rings is 1. The number of hydrogen-bond donors (Lipinski definition) is 1. The molecule has 134 valence electrons. The van der Waals surface area contributed by atoms with Crippen LogP contribution in [0.4, 0.5) is 11.5 Å². The third-order valence-corrected chi connectivity index (χ3v) is 4.86. The standard InChI is InChI=1S/C21H23N3O2/c1-25-20-5-3-2-4-15(20)12-17-13-16-14-18(24-8-10-26-11-9-24)6-7-19(16)23-21(17)22/h2-7,13-14H,8-12H2,1H3,(H2,22,23). The number of rotatable bonds is 4. The van der Waals surface area contributed by atoms with Crippen molar-refractivity contribution in [3.8, 4) is 5.75 Å².